The maximum absolute atomic E-state index is 10.4. The minimum absolute atomic E-state index is 0.214. The van der Waals surface area contributed by atoms with Crippen LogP contribution in [0.1, 0.15) is 33.4 Å². The number of nitriles is 3. The normalized spacial score (nSPS) is 11.4. The third-order valence-corrected chi connectivity index (χ3v) is 8.08. The van der Waals surface area contributed by atoms with Crippen molar-refractivity contribution in [3.63, 3.8) is 0 Å². The van der Waals surface area contributed by atoms with E-state index in [2.05, 4.69) is 18.2 Å². The zero-order chi connectivity index (χ0) is 37.8. The fourth-order valence-corrected chi connectivity index (χ4v) is 5.44. The summed E-state index contributed by atoms with van der Waals surface area (Å²) in [7, 11) is 12.1. The number of hydrogen-bond donors (Lipinski definition) is 0. The van der Waals surface area contributed by atoms with Crippen LogP contribution in [0.3, 0.4) is 0 Å². The quantitative estimate of drug-likeness (QED) is 0.0934. The second-order valence-electron chi connectivity index (χ2n) is 10.8. The van der Waals surface area contributed by atoms with E-state index < -0.39 is 0 Å². The van der Waals surface area contributed by atoms with E-state index in [0.29, 0.717) is 79.4 Å². The van der Waals surface area contributed by atoms with Gasteiger partial charge in [-0.15, -0.1) is 0 Å². The molecule has 4 rings (SSSR count). The van der Waals surface area contributed by atoms with Crippen molar-refractivity contribution in [2.45, 2.75) is 0 Å². The number of ether oxygens (including phenoxy) is 8. The Morgan fingerprint density at radius 2 is 0.731 bits per heavy atom. The molecule has 0 amide bonds. The van der Waals surface area contributed by atoms with Gasteiger partial charge in [0.1, 0.15) is 46.0 Å². The lowest BCUT2D eigenvalue weighted by Gasteiger charge is -2.16. The Bertz CT molecular complexity index is 2180. The highest BCUT2D eigenvalue weighted by molar-refractivity contribution is 5.98. The van der Waals surface area contributed by atoms with Crippen LogP contribution >= 0.6 is 0 Å². The van der Waals surface area contributed by atoms with Crippen molar-refractivity contribution in [2.75, 3.05) is 56.9 Å². The van der Waals surface area contributed by atoms with E-state index in [1.54, 1.807) is 93.1 Å². The fourth-order valence-electron chi connectivity index (χ4n) is 5.44. The van der Waals surface area contributed by atoms with Crippen LogP contribution in [0.2, 0.25) is 0 Å². The minimum Gasteiger partial charge on any atom is -0.497 e. The van der Waals surface area contributed by atoms with Gasteiger partial charge < -0.3 is 37.9 Å². The zero-order valence-electron chi connectivity index (χ0n) is 30.1. The van der Waals surface area contributed by atoms with E-state index in [0.717, 1.165) is 0 Å². The first kappa shape index (κ1) is 37.8. The van der Waals surface area contributed by atoms with Gasteiger partial charge in [0.15, 0.2) is 0 Å². The molecule has 11 nitrogen and oxygen atoms in total. The number of hydrogen-bond acceptors (Lipinski definition) is 11. The molecule has 0 aliphatic carbocycles. The third-order valence-electron chi connectivity index (χ3n) is 8.08. The van der Waals surface area contributed by atoms with Crippen LogP contribution in [0.25, 0.3) is 34.9 Å². The molecule has 0 spiro atoms. The largest absolute Gasteiger partial charge is 0.497 e. The maximum Gasteiger partial charge on any atom is 0.128 e. The first-order valence-electron chi connectivity index (χ1n) is 15.6. The Morgan fingerprint density at radius 3 is 1.10 bits per heavy atom. The van der Waals surface area contributed by atoms with Crippen LogP contribution in [0.15, 0.2) is 60.7 Å². The molecule has 52 heavy (non-hydrogen) atoms. The standard InChI is InChI=1S/C41H37N3O8/c1-45-31-9-11-36(47-3)25(16-31)13-29(23-43)34-20-39(50-6)27(18-40(34)51-7)15-30(24-44)35-21-38(49-5)26(17-41(35)52-8)14-28(22-42)33-19-32(46-2)10-12-37(33)48-4/h9-21H,1-8H3/b28-14+,29-13+,30-15+. The Balaban J connectivity index is 1.87. The summed E-state index contributed by atoms with van der Waals surface area (Å²) in [6.07, 6.45) is 4.94. The molecule has 0 fully saturated rings. The molecule has 0 unspecified atom stereocenters. The lowest BCUT2D eigenvalue weighted by atomic mass is 9.96. The second kappa shape index (κ2) is 17.6. The van der Waals surface area contributed by atoms with Gasteiger partial charge in [0.2, 0.25) is 0 Å². The fraction of sp³-hybridized carbons (Fsp3) is 0.195. The molecule has 0 aromatic heterocycles. The Kier molecular flexibility index (Phi) is 12.8. The molecule has 0 saturated carbocycles. The summed E-state index contributed by atoms with van der Waals surface area (Å²) < 4.78 is 44.7. The Hall–Kier alpha value is -7.03. The summed E-state index contributed by atoms with van der Waals surface area (Å²) in [5, 5.41) is 30.8. The topological polar surface area (TPSA) is 145 Å². The van der Waals surface area contributed by atoms with Crippen LogP contribution < -0.4 is 37.9 Å². The van der Waals surface area contributed by atoms with Crippen LogP contribution in [0.4, 0.5) is 0 Å². The van der Waals surface area contributed by atoms with Gasteiger partial charge in [0.05, 0.1) is 91.8 Å². The molecule has 0 atom stereocenters. The van der Waals surface area contributed by atoms with Crippen molar-refractivity contribution in [3.8, 4) is 64.2 Å². The molecule has 0 radical (unpaired) electrons. The average molecular weight is 700 g/mol. The van der Waals surface area contributed by atoms with Crippen molar-refractivity contribution in [1.82, 2.24) is 0 Å². The van der Waals surface area contributed by atoms with Gasteiger partial charge in [-0.25, -0.2) is 0 Å². The summed E-state index contributed by atoms with van der Waals surface area (Å²) in [6, 6.07) is 23.9. The molecule has 4 aromatic rings. The molecule has 0 bridgehead atoms. The average Bonchev–Trinajstić information content (AvgIpc) is 3.19. The van der Waals surface area contributed by atoms with E-state index in [-0.39, 0.29) is 16.7 Å². The molecular formula is C41H37N3O8. The number of allylic oxidation sites excluding steroid dienone is 3. The van der Waals surface area contributed by atoms with Gasteiger partial charge in [-0.3, -0.25) is 0 Å². The van der Waals surface area contributed by atoms with Crippen molar-refractivity contribution in [1.29, 1.82) is 15.8 Å². The van der Waals surface area contributed by atoms with Gasteiger partial charge in [-0.2, -0.15) is 15.8 Å². The lowest BCUT2D eigenvalue weighted by Crippen LogP contribution is -1.98. The number of rotatable bonds is 14. The van der Waals surface area contributed by atoms with Crippen molar-refractivity contribution >= 4 is 34.9 Å². The molecular weight excluding hydrogens is 662 g/mol. The predicted molar refractivity (Wildman–Crippen MR) is 199 cm³/mol. The van der Waals surface area contributed by atoms with Gasteiger partial charge in [-0.1, -0.05) is 0 Å². The van der Waals surface area contributed by atoms with Crippen LogP contribution in [-0.4, -0.2) is 56.9 Å². The van der Waals surface area contributed by atoms with Crippen molar-refractivity contribution in [3.05, 3.63) is 94.0 Å². The maximum atomic E-state index is 10.4. The first-order valence-corrected chi connectivity index (χ1v) is 15.6. The highest BCUT2D eigenvalue weighted by Gasteiger charge is 2.20. The van der Waals surface area contributed by atoms with E-state index in [9.17, 15) is 15.8 Å². The summed E-state index contributed by atoms with van der Waals surface area (Å²) in [6.45, 7) is 0. The number of benzene rings is 4. The Labute approximate surface area is 303 Å². The molecule has 0 heterocycles. The van der Waals surface area contributed by atoms with E-state index in [1.807, 2.05) is 0 Å². The van der Waals surface area contributed by atoms with Crippen LogP contribution in [-0.2, 0) is 0 Å². The highest BCUT2D eigenvalue weighted by atomic mass is 16.5. The third kappa shape index (κ3) is 8.05. The van der Waals surface area contributed by atoms with E-state index >= 15 is 0 Å². The second-order valence-corrected chi connectivity index (χ2v) is 10.8. The smallest absolute Gasteiger partial charge is 0.128 e. The van der Waals surface area contributed by atoms with E-state index in [4.69, 9.17) is 37.9 Å². The molecule has 0 aliphatic heterocycles. The van der Waals surface area contributed by atoms with Crippen molar-refractivity contribution in [2.24, 2.45) is 0 Å². The monoisotopic (exact) mass is 699 g/mol. The van der Waals surface area contributed by atoms with Crippen LogP contribution in [0, 0.1) is 34.0 Å². The molecule has 4 aromatic carbocycles. The SMILES string of the molecule is COc1ccc(OC)c(/C=C(\C#N)c2cc(OC)c(/C=C(\C#N)c3cc(OC)c(/C=C(\C#N)c4cc(OC)ccc4OC)cc3OC)cc2OC)c1. The summed E-state index contributed by atoms with van der Waals surface area (Å²) in [5.74, 6) is 3.64. The van der Waals surface area contributed by atoms with Gasteiger partial charge in [-0.05, 0) is 78.9 Å². The molecule has 0 aliphatic rings. The first-order chi connectivity index (χ1) is 25.3. The number of methoxy groups -OCH3 is 8. The van der Waals surface area contributed by atoms with Gasteiger partial charge >= 0.3 is 0 Å². The van der Waals surface area contributed by atoms with Gasteiger partial charge in [0, 0.05) is 33.4 Å². The number of nitrogens with zero attached hydrogens (tertiary/aromatic N) is 3. The molecule has 0 N–H and O–H groups in total. The summed E-state index contributed by atoms with van der Waals surface area (Å²) in [5.41, 5.74) is 3.82. The highest BCUT2D eigenvalue weighted by Crippen LogP contribution is 2.41. The van der Waals surface area contributed by atoms with Gasteiger partial charge in [0.25, 0.3) is 0 Å². The summed E-state index contributed by atoms with van der Waals surface area (Å²) >= 11 is 0. The minimum atomic E-state index is 0.214. The van der Waals surface area contributed by atoms with E-state index in [1.165, 1.54) is 42.7 Å². The Morgan fingerprint density at radius 1 is 0.385 bits per heavy atom. The predicted octanol–water partition coefficient (Wildman–Crippen LogP) is 7.95. The molecule has 11 heteroatoms. The lowest BCUT2D eigenvalue weighted by molar-refractivity contribution is 0.401. The zero-order valence-corrected chi connectivity index (χ0v) is 30.1. The van der Waals surface area contributed by atoms with Crippen LogP contribution in [0.5, 0.6) is 46.0 Å². The molecule has 0 saturated heterocycles. The summed E-state index contributed by atoms with van der Waals surface area (Å²) in [4.78, 5) is 0. The van der Waals surface area contributed by atoms with Crippen molar-refractivity contribution < 1.29 is 37.9 Å². The molecule has 264 valence electrons.